The van der Waals surface area contributed by atoms with Gasteiger partial charge in [-0.3, -0.25) is 0 Å². The van der Waals surface area contributed by atoms with E-state index in [2.05, 4.69) is 12.2 Å². The van der Waals surface area contributed by atoms with Crippen LogP contribution in [0.15, 0.2) is 0 Å². The zero-order valence-corrected chi connectivity index (χ0v) is 8.36. The number of hydrogen-bond donors (Lipinski definition) is 1. The molecule has 0 unspecified atom stereocenters. The summed E-state index contributed by atoms with van der Waals surface area (Å²) in [6, 6.07) is 0. The summed E-state index contributed by atoms with van der Waals surface area (Å²) >= 11 is 0. The average molecular weight is 171 g/mol. The van der Waals surface area contributed by atoms with Gasteiger partial charge in [-0.25, -0.2) is 0 Å². The summed E-state index contributed by atoms with van der Waals surface area (Å²) < 4.78 is 5.48. The minimum absolute atomic E-state index is 0.614. The highest BCUT2D eigenvalue weighted by Crippen LogP contribution is 2.47. The average Bonchev–Trinajstić information content (AvgIpc) is 2.81. The molecule has 1 rings (SSSR count). The Morgan fingerprint density at radius 1 is 1.33 bits per heavy atom. The fourth-order valence-electron chi connectivity index (χ4n) is 1.60. The van der Waals surface area contributed by atoms with Crippen molar-refractivity contribution in [3.63, 3.8) is 0 Å². The highest BCUT2D eigenvalue weighted by Gasteiger charge is 2.40. The Labute approximate surface area is 75.7 Å². The molecule has 0 heterocycles. The molecule has 1 N–H and O–H groups in total. The van der Waals surface area contributed by atoms with Crippen molar-refractivity contribution in [3.05, 3.63) is 0 Å². The number of ether oxygens (including phenoxy) is 1. The molecule has 0 aromatic carbocycles. The van der Waals surface area contributed by atoms with Crippen molar-refractivity contribution >= 4 is 0 Å². The van der Waals surface area contributed by atoms with E-state index in [1.807, 2.05) is 7.05 Å². The fraction of sp³-hybridized carbons (Fsp3) is 1.00. The molecule has 0 aromatic rings. The predicted molar refractivity (Wildman–Crippen MR) is 51.3 cm³/mol. The summed E-state index contributed by atoms with van der Waals surface area (Å²) in [5.74, 6) is 0. The second kappa shape index (κ2) is 4.83. The maximum absolute atomic E-state index is 5.48. The van der Waals surface area contributed by atoms with Gasteiger partial charge < -0.3 is 10.1 Å². The van der Waals surface area contributed by atoms with Crippen LogP contribution < -0.4 is 5.32 Å². The van der Waals surface area contributed by atoms with Crippen LogP contribution in [0.25, 0.3) is 0 Å². The second-order valence-electron chi connectivity index (χ2n) is 3.89. The van der Waals surface area contributed by atoms with Crippen molar-refractivity contribution in [2.75, 3.05) is 26.8 Å². The molecule has 0 aromatic heterocycles. The molecule has 0 atom stereocenters. The van der Waals surface area contributed by atoms with Crippen molar-refractivity contribution in [1.29, 1.82) is 0 Å². The van der Waals surface area contributed by atoms with Gasteiger partial charge in [0.2, 0.25) is 0 Å². The molecule has 0 aliphatic heterocycles. The van der Waals surface area contributed by atoms with Gasteiger partial charge in [0.15, 0.2) is 0 Å². The van der Waals surface area contributed by atoms with Crippen molar-refractivity contribution in [2.45, 2.75) is 32.6 Å². The maximum atomic E-state index is 5.48. The van der Waals surface area contributed by atoms with Crippen LogP contribution >= 0.6 is 0 Å². The van der Waals surface area contributed by atoms with Crippen molar-refractivity contribution < 1.29 is 4.74 Å². The Balaban J connectivity index is 1.98. The predicted octanol–water partition coefficient (Wildman–Crippen LogP) is 1.80. The third-order valence-electron chi connectivity index (χ3n) is 2.63. The molecule has 0 radical (unpaired) electrons. The molecule has 72 valence electrons. The van der Waals surface area contributed by atoms with Gasteiger partial charge >= 0.3 is 0 Å². The molecule has 1 aliphatic carbocycles. The molecule has 2 nitrogen and oxygen atoms in total. The fourth-order valence-corrected chi connectivity index (χ4v) is 1.60. The van der Waals surface area contributed by atoms with Crippen LogP contribution in [0.1, 0.15) is 32.6 Å². The van der Waals surface area contributed by atoms with Crippen LogP contribution in [0.4, 0.5) is 0 Å². The summed E-state index contributed by atoms with van der Waals surface area (Å²) in [4.78, 5) is 0. The lowest BCUT2D eigenvalue weighted by atomic mass is 10.0. The maximum Gasteiger partial charge on any atom is 0.0471 e. The minimum atomic E-state index is 0.614. The zero-order chi connectivity index (χ0) is 8.86. The molecule has 0 amide bonds. The second-order valence-corrected chi connectivity index (χ2v) is 3.89. The lowest BCUT2D eigenvalue weighted by Gasteiger charge is -2.13. The van der Waals surface area contributed by atoms with E-state index in [1.165, 1.54) is 25.8 Å². The quantitative estimate of drug-likeness (QED) is 0.590. The zero-order valence-electron chi connectivity index (χ0n) is 8.36. The van der Waals surface area contributed by atoms with Crippen LogP contribution in [-0.4, -0.2) is 26.8 Å². The summed E-state index contributed by atoms with van der Waals surface area (Å²) in [5.41, 5.74) is 0.614. The van der Waals surface area contributed by atoms with Gasteiger partial charge in [-0.15, -0.1) is 0 Å². The van der Waals surface area contributed by atoms with Crippen LogP contribution in [-0.2, 0) is 4.74 Å². The monoisotopic (exact) mass is 171 g/mol. The normalized spacial score (nSPS) is 19.5. The standard InChI is InChI=1S/C10H21NO/c1-3-7-12-8-6-10(4-5-10)9-11-2/h11H,3-9H2,1-2H3. The Kier molecular flexibility index (Phi) is 4.02. The molecule has 0 saturated heterocycles. The van der Waals surface area contributed by atoms with Crippen molar-refractivity contribution in [2.24, 2.45) is 5.41 Å². The first kappa shape index (κ1) is 10.0. The Hall–Kier alpha value is -0.0800. The van der Waals surface area contributed by atoms with Crippen molar-refractivity contribution in [1.82, 2.24) is 5.32 Å². The van der Waals surface area contributed by atoms with Gasteiger partial charge in [0, 0.05) is 19.8 Å². The van der Waals surface area contributed by atoms with E-state index < -0.39 is 0 Å². The van der Waals surface area contributed by atoms with Gasteiger partial charge in [0.05, 0.1) is 0 Å². The van der Waals surface area contributed by atoms with Crippen LogP contribution in [0.5, 0.6) is 0 Å². The van der Waals surface area contributed by atoms with E-state index in [0.717, 1.165) is 19.6 Å². The highest BCUT2D eigenvalue weighted by atomic mass is 16.5. The molecule has 0 bridgehead atoms. The molecule has 1 fully saturated rings. The first-order chi connectivity index (χ1) is 5.83. The van der Waals surface area contributed by atoms with E-state index in [4.69, 9.17) is 4.74 Å². The molecule has 1 aliphatic rings. The summed E-state index contributed by atoms with van der Waals surface area (Å²) in [6.45, 7) is 5.20. The van der Waals surface area contributed by atoms with Gasteiger partial charge in [0.1, 0.15) is 0 Å². The van der Waals surface area contributed by atoms with E-state index in [1.54, 1.807) is 0 Å². The Morgan fingerprint density at radius 2 is 2.08 bits per heavy atom. The van der Waals surface area contributed by atoms with E-state index >= 15 is 0 Å². The largest absolute Gasteiger partial charge is 0.381 e. The molecular formula is C10H21NO. The van der Waals surface area contributed by atoms with Crippen LogP contribution in [0.3, 0.4) is 0 Å². The van der Waals surface area contributed by atoms with Crippen LogP contribution in [0.2, 0.25) is 0 Å². The molecule has 0 spiro atoms. The smallest absolute Gasteiger partial charge is 0.0471 e. The van der Waals surface area contributed by atoms with Gasteiger partial charge in [-0.2, -0.15) is 0 Å². The van der Waals surface area contributed by atoms with Gasteiger partial charge in [-0.1, -0.05) is 6.92 Å². The summed E-state index contributed by atoms with van der Waals surface area (Å²) in [5, 5.41) is 3.26. The number of rotatable bonds is 7. The van der Waals surface area contributed by atoms with Crippen molar-refractivity contribution in [3.8, 4) is 0 Å². The third kappa shape index (κ3) is 3.11. The van der Waals surface area contributed by atoms with E-state index in [9.17, 15) is 0 Å². The van der Waals surface area contributed by atoms with Crippen LogP contribution in [0, 0.1) is 5.41 Å². The Morgan fingerprint density at radius 3 is 2.58 bits per heavy atom. The topological polar surface area (TPSA) is 21.3 Å². The van der Waals surface area contributed by atoms with Gasteiger partial charge in [0.25, 0.3) is 0 Å². The number of hydrogen-bond acceptors (Lipinski definition) is 2. The SMILES string of the molecule is CCCOCCC1(CNC)CC1. The summed E-state index contributed by atoms with van der Waals surface area (Å²) in [7, 11) is 2.03. The van der Waals surface area contributed by atoms with E-state index in [-0.39, 0.29) is 0 Å². The van der Waals surface area contributed by atoms with E-state index in [0.29, 0.717) is 5.41 Å². The van der Waals surface area contributed by atoms with Gasteiger partial charge in [-0.05, 0) is 38.1 Å². The lowest BCUT2D eigenvalue weighted by Crippen LogP contribution is -2.21. The molecule has 12 heavy (non-hydrogen) atoms. The summed E-state index contributed by atoms with van der Waals surface area (Å²) in [6.07, 6.45) is 5.17. The first-order valence-corrected chi connectivity index (χ1v) is 5.05. The third-order valence-corrected chi connectivity index (χ3v) is 2.63. The lowest BCUT2D eigenvalue weighted by molar-refractivity contribution is 0.117. The Bertz CT molecular complexity index is 121. The number of nitrogens with one attached hydrogen (secondary N) is 1. The molecular weight excluding hydrogens is 150 g/mol. The minimum Gasteiger partial charge on any atom is -0.381 e. The molecule has 1 saturated carbocycles. The highest BCUT2D eigenvalue weighted by molar-refractivity contribution is 4.94. The first-order valence-electron chi connectivity index (χ1n) is 5.05. The molecule has 2 heteroatoms.